The predicted octanol–water partition coefficient (Wildman–Crippen LogP) is 5.75. The van der Waals surface area contributed by atoms with Crippen molar-refractivity contribution in [2.45, 2.75) is 6.42 Å². The molecule has 0 aliphatic carbocycles. The molecule has 0 aromatic heterocycles. The second-order valence-electron chi connectivity index (χ2n) is 5.70. The molecule has 0 unspecified atom stereocenters. The summed E-state index contributed by atoms with van der Waals surface area (Å²) in [5.41, 5.74) is 0.968. The molecule has 0 bridgehead atoms. The molecule has 0 spiro atoms. The highest BCUT2D eigenvalue weighted by Crippen LogP contribution is 2.21. The summed E-state index contributed by atoms with van der Waals surface area (Å²) in [7, 11) is 1.66. The summed E-state index contributed by atoms with van der Waals surface area (Å²) in [5.74, 6) is 2.66. The quantitative estimate of drug-likeness (QED) is 0.415. The first-order valence-corrected chi connectivity index (χ1v) is 9.83. The topological polar surface area (TPSA) is 30.5 Å². The zero-order valence-electron chi connectivity index (χ0n) is 14.6. The van der Waals surface area contributed by atoms with Crippen LogP contribution in [0.25, 0.3) is 10.8 Å². The number of nitrogens with one attached hydrogen (secondary N) is 1. The highest BCUT2D eigenvalue weighted by atomic mass is 32.2. The highest BCUT2D eigenvalue weighted by molar-refractivity contribution is 8.23. The number of thiocarbonyl (C=S) groups is 1. The van der Waals surface area contributed by atoms with Crippen LogP contribution < -0.4 is 14.8 Å². The van der Waals surface area contributed by atoms with Gasteiger partial charge in [0.05, 0.1) is 13.7 Å². The van der Waals surface area contributed by atoms with Crippen LogP contribution in [0.3, 0.4) is 0 Å². The normalized spacial score (nSPS) is 10.5. The van der Waals surface area contributed by atoms with Crippen molar-refractivity contribution in [1.29, 1.82) is 0 Å². The molecule has 3 aromatic rings. The number of thioether (sulfide) groups is 1. The minimum Gasteiger partial charge on any atom is -0.497 e. The van der Waals surface area contributed by atoms with Gasteiger partial charge in [-0.05, 0) is 53.6 Å². The van der Waals surface area contributed by atoms with E-state index in [4.69, 9.17) is 21.7 Å². The lowest BCUT2D eigenvalue weighted by molar-refractivity contribution is 0.319. The number of fused-ring (bicyclic) bond motifs is 1. The summed E-state index contributed by atoms with van der Waals surface area (Å²) < 4.78 is 11.8. The number of hydrogen-bond donors (Lipinski definition) is 1. The molecule has 5 heteroatoms. The minimum absolute atomic E-state index is 0.677. The summed E-state index contributed by atoms with van der Waals surface area (Å²) in [6.07, 6.45) is 0.932. The smallest absolute Gasteiger partial charge is 0.138 e. The number of rotatable bonds is 7. The van der Waals surface area contributed by atoms with Crippen molar-refractivity contribution in [2.24, 2.45) is 0 Å². The SMILES string of the molecule is COc1ccc(NC(=S)SCCCOc2ccc3ccccc3c2)cc1. The summed E-state index contributed by atoms with van der Waals surface area (Å²) in [4.78, 5) is 0. The molecule has 0 aliphatic rings. The Hall–Kier alpha value is -2.24. The molecular formula is C21H21NO2S2. The van der Waals surface area contributed by atoms with Crippen LogP contribution in [0.2, 0.25) is 0 Å². The molecule has 0 saturated carbocycles. The van der Waals surface area contributed by atoms with E-state index in [1.807, 2.05) is 42.5 Å². The van der Waals surface area contributed by atoms with Crippen LogP contribution in [0.4, 0.5) is 5.69 Å². The molecule has 3 aromatic carbocycles. The maximum atomic E-state index is 5.85. The number of hydrogen-bond acceptors (Lipinski definition) is 4. The lowest BCUT2D eigenvalue weighted by Gasteiger charge is -2.09. The lowest BCUT2D eigenvalue weighted by Crippen LogP contribution is -2.06. The fourth-order valence-electron chi connectivity index (χ4n) is 2.50. The molecule has 0 aliphatic heterocycles. The van der Waals surface area contributed by atoms with Gasteiger partial charge in [-0.25, -0.2) is 0 Å². The molecule has 0 radical (unpaired) electrons. The van der Waals surface area contributed by atoms with Crippen molar-refractivity contribution in [3.63, 3.8) is 0 Å². The van der Waals surface area contributed by atoms with E-state index in [9.17, 15) is 0 Å². The molecule has 0 saturated heterocycles. The van der Waals surface area contributed by atoms with E-state index < -0.39 is 0 Å². The fourth-order valence-corrected chi connectivity index (χ4v) is 3.50. The van der Waals surface area contributed by atoms with Gasteiger partial charge in [-0.15, -0.1) is 0 Å². The second-order valence-corrected chi connectivity index (χ2v) is 7.47. The lowest BCUT2D eigenvalue weighted by atomic mass is 10.1. The summed E-state index contributed by atoms with van der Waals surface area (Å²) in [6, 6.07) is 22.2. The Kier molecular flexibility index (Phi) is 6.75. The first-order valence-electron chi connectivity index (χ1n) is 8.44. The summed E-state index contributed by atoms with van der Waals surface area (Å²) in [5, 5.41) is 5.65. The minimum atomic E-state index is 0.677. The van der Waals surface area contributed by atoms with Gasteiger partial charge < -0.3 is 14.8 Å². The van der Waals surface area contributed by atoms with Crippen LogP contribution in [-0.2, 0) is 0 Å². The van der Waals surface area contributed by atoms with Gasteiger partial charge in [0.2, 0.25) is 0 Å². The molecule has 134 valence electrons. The van der Waals surface area contributed by atoms with Gasteiger partial charge in [-0.2, -0.15) is 0 Å². The van der Waals surface area contributed by atoms with Gasteiger partial charge in [-0.3, -0.25) is 0 Å². The molecule has 0 amide bonds. The molecule has 0 atom stereocenters. The van der Waals surface area contributed by atoms with E-state index in [-0.39, 0.29) is 0 Å². The largest absolute Gasteiger partial charge is 0.497 e. The third-order valence-electron chi connectivity index (χ3n) is 3.85. The van der Waals surface area contributed by atoms with E-state index >= 15 is 0 Å². The molecule has 1 N–H and O–H groups in total. The Balaban J connectivity index is 1.37. The predicted molar refractivity (Wildman–Crippen MR) is 116 cm³/mol. The van der Waals surface area contributed by atoms with Gasteiger partial charge in [0.1, 0.15) is 15.8 Å². The number of benzene rings is 3. The Labute approximate surface area is 163 Å². The van der Waals surface area contributed by atoms with Crippen molar-refractivity contribution < 1.29 is 9.47 Å². The van der Waals surface area contributed by atoms with Gasteiger partial charge >= 0.3 is 0 Å². The Morgan fingerprint density at radius 3 is 2.46 bits per heavy atom. The van der Waals surface area contributed by atoms with Crippen LogP contribution in [-0.4, -0.2) is 23.8 Å². The second kappa shape index (κ2) is 9.46. The highest BCUT2D eigenvalue weighted by Gasteiger charge is 2.01. The number of ether oxygens (including phenoxy) is 2. The van der Waals surface area contributed by atoms with Crippen LogP contribution in [0, 0.1) is 0 Å². The van der Waals surface area contributed by atoms with E-state index in [2.05, 4.69) is 29.6 Å². The summed E-state index contributed by atoms with van der Waals surface area (Å²) >= 11 is 7.00. The van der Waals surface area contributed by atoms with E-state index in [0.717, 1.165) is 33.7 Å². The molecular weight excluding hydrogens is 362 g/mol. The third-order valence-corrected chi connectivity index (χ3v) is 5.16. The van der Waals surface area contributed by atoms with Gasteiger partial charge in [0, 0.05) is 11.4 Å². The van der Waals surface area contributed by atoms with Crippen LogP contribution >= 0.6 is 24.0 Å². The van der Waals surface area contributed by atoms with Gasteiger partial charge in [-0.1, -0.05) is 54.3 Å². The molecule has 26 heavy (non-hydrogen) atoms. The van der Waals surface area contributed by atoms with Crippen LogP contribution in [0.5, 0.6) is 11.5 Å². The standard InChI is InChI=1S/C21H21NO2S2/c1-23-19-11-8-18(9-12-19)22-21(25)26-14-4-13-24-20-10-7-16-5-2-3-6-17(16)15-20/h2-3,5-12,15H,4,13-14H2,1H3,(H,22,25). The Morgan fingerprint density at radius 1 is 0.962 bits per heavy atom. The Morgan fingerprint density at radius 2 is 1.69 bits per heavy atom. The maximum absolute atomic E-state index is 5.85. The van der Waals surface area contributed by atoms with Crippen molar-refractivity contribution in [2.75, 3.05) is 24.8 Å². The molecule has 0 heterocycles. The molecule has 0 fully saturated rings. The Bertz CT molecular complexity index is 865. The monoisotopic (exact) mass is 383 g/mol. The van der Waals surface area contributed by atoms with Crippen LogP contribution in [0.15, 0.2) is 66.7 Å². The zero-order valence-corrected chi connectivity index (χ0v) is 16.2. The summed E-state index contributed by atoms with van der Waals surface area (Å²) in [6.45, 7) is 0.677. The number of methoxy groups -OCH3 is 1. The number of anilines is 1. The average molecular weight is 384 g/mol. The van der Waals surface area contributed by atoms with Crippen molar-refractivity contribution >= 4 is 44.8 Å². The molecule has 3 rings (SSSR count). The van der Waals surface area contributed by atoms with E-state index in [1.165, 1.54) is 10.8 Å². The fraction of sp³-hybridized carbons (Fsp3) is 0.190. The average Bonchev–Trinajstić information content (AvgIpc) is 2.68. The van der Waals surface area contributed by atoms with Crippen molar-refractivity contribution in [3.8, 4) is 11.5 Å². The first-order chi connectivity index (χ1) is 12.7. The van der Waals surface area contributed by atoms with E-state index in [0.29, 0.717) is 6.61 Å². The van der Waals surface area contributed by atoms with E-state index in [1.54, 1.807) is 18.9 Å². The van der Waals surface area contributed by atoms with Crippen molar-refractivity contribution in [3.05, 3.63) is 66.7 Å². The molecule has 3 nitrogen and oxygen atoms in total. The van der Waals surface area contributed by atoms with Gasteiger partial charge in [0.15, 0.2) is 0 Å². The third kappa shape index (κ3) is 5.38. The first kappa shape index (κ1) is 18.5. The zero-order chi connectivity index (χ0) is 18.2. The maximum Gasteiger partial charge on any atom is 0.138 e. The van der Waals surface area contributed by atoms with Crippen LogP contribution in [0.1, 0.15) is 6.42 Å². The van der Waals surface area contributed by atoms with Crippen molar-refractivity contribution in [1.82, 2.24) is 0 Å². The van der Waals surface area contributed by atoms with Gasteiger partial charge in [0.25, 0.3) is 0 Å².